The van der Waals surface area contributed by atoms with Gasteiger partial charge in [-0.25, -0.2) is 0 Å². The monoisotopic (exact) mass is 190 g/mol. The molecule has 1 aromatic rings. The fourth-order valence-corrected chi connectivity index (χ4v) is 1.70. The molecule has 0 radical (unpaired) electrons. The van der Waals surface area contributed by atoms with Gasteiger partial charge < -0.3 is 5.32 Å². The van der Waals surface area contributed by atoms with Crippen molar-refractivity contribution in [2.45, 2.75) is 26.8 Å². The van der Waals surface area contributed by atoms with Crippen LogP contribution in [0.4, 0.5) is 0 Å². The van der Waals surface area contributed by atoms with Crippen LogP contribution in [0.2, 0.25) is 0 Å². The zero-order valence-corrected chi connectivity index (χ0v) is 8.66. The Morgan fingerprint density at radius 1 is 1.43 bits per heavy atom. The summed E-state index contributed by atoms with van der Waals surface area (Å²) < 4.78 is 0. The summed E-state index contributed by atoms with van der Waals surface area (Å²) >= 11 is 0. The standard InChI is InChI=1S/C11H14N2O/c1-7-4-5-8(6-12-7)9-11(2,3)10(14)13-9/h4-6,9H,1-3H3,(H,13,14). The first kappa shape index (κ1) is 9.19. The van der Waals surface area contributed by atoms with Crippen LogP contribution in [0.1, 0.15) is 31.1 Å². The number of amides is 1. The minimum Gasteiger partial charge on any atom is -0.348 e. The van der Waals surface area contributed by atoms with E-state index in [0.717, 1.165) is 11.3 Å². The lowest BCUT2D eigenvalue weighted by molar-refractivity contribution is -0.143. The lowest BCUT2D eigenvalue weighted by atomic mass is 9.73. The van der Waals surface area contributed by atoms with E-state index < -0.39 is 0 Å². The van der Waals surface area contributed by atoms with E-state index in [1.165, 1.54) is 0 Å². The SMILES string of the molecule is Cc1ccc(C2NC(=O)C2(C)C)cn1. The maximum absolute atomic E-state index is 11.3. The second-order valence-corrected chi connectivity index (χ2v) is 4.36. The normalized spacial score (nSPS) is 23.9. The quantitative estimate of drug-likeness (QED) is 0.683. The molecule has 1 N–H and O–H groups in total. The maximum Gasteiger partial charge on any atom is 0.228 e. The first-order valence-corrected chi connectivity index (χ1v) is 4.75. The molecule has 2 heterocycles. The summed E-state index contributed by atoms with van der Waals surface area (Å²) in [6.07, 6.45) is 1.83. The largest absolute Gasteiger partial charge is 0.348 e. The van der Waals surface area contributed by atoms with Crippen molar-refractivity contribution < 1.29 is 4.79 Å². The first-order valence-electron chi connectivity index (χ1n) is 4.75. The third kappa shape index (κ3) is 1.20. The van der Waals surface area contributed by atoms with Crippen molar-refractivity contribution in [1.82, 2.24) is 10.3 Å². The highest BCUT2D eigenvalue weighted by atomic mass is 16.2. The summed E-state index contributed by atoms with van der Waals surface area (Å²) in [6.45, 7) is 5.86. The minimum absolute atomic E-state index is 0.114. The van der Waals surface area contributed by atoms with Gasteiger partial charge in [-0.15, -0.1) is 0 Å². The van der Waals surface area contributed by atoms with Crippen LogP contribution in [0.5, 0.6) is 0 Å². The Labute approximate surface area is 83.5 Å². The molecule has 2 rings (SSSR count). The number of carbonyl (C=O) groups is 1. The van der Waals surface area contributed by atoms with Gasteiger partial charge in [0.15, 0.2) is 0 Å². The van der Waals surface area contributed by atoms with Crippen LogP contribution in [0.15, 0.2) is 18.3 Å². The summed E-state index contributed by atoms with van der Waals surface area (Å²) in [6, 6.07) is 4.10. The molecule has 1 fully saturated rings. The predicted molar refractivity (Wildman–Crippen MR) is 53.6 cm³/mol. The number of aryl methyl sites for hydroxylation is 1. The van der Waals surface area contributed by atoms with Gasteiger partial charge in [0.2, 0.25) is 5.91 Å². The maximum atomic E-state index is 11.3. The molecular formula is C11H14N2O. The third-order valence-corrected chi connectivity index (χ3v) is 2.85. The fraction of sp³-hybridized carbons (Fsp3) is 0.455. The molecule has 3 heteroatoms. The Balaban J connectivity index is 2.26. The number of hydrogen-bond acceptors (Lipinski definition) is 2. The number of nitrogens with one attached hydrogen (secondary N) is 1. The number of nitrogens with zero attached hydrogens (tertiary/aromatic N) is 1. The molecule has 74 valence electrons. The van der Waals surface area contributed by atoms with Crippen molar-refractivity contribution in [1.29, 1.82) is 0 Å². The fourth-order valence-electron chi connectivity index (χ4n) is 1.70. The molecule has 1 atom stereocenters. The lowest BCUT2D eigenvalue weighted by Gasteiger charge is -2.43. The minimum atomic E-state index is -0.295. The van der Waals surface area contributed by atoms with Gasteiger partial charge >= 0.3 is 0 Å². The lowest BCUT2D eigenvalue weighted by Crippen LogP contribution is -2.57. The predicted octanol–water partition coefficient (Wildman–Crippen LogP) is 1.59. The molecule has 14 heavy (non-hydrogen) atoms. The van der Waals surface area contributed by atoms with Crippen LogP contribution >= 0.6 is 0 Å². The second-order valence-electron chi connectivity index (χ2n) is 4.36. The third-order valence-electron chi connectivity index (χ3n) is 2.85. The molecule has 1 aromatic heterocycles. The highest BCUT2D eigenvalue weighted by Crippen LogP contribution is 2.40. The van der Waals surface area contributed by atoms with Gasteiger partial charge in [0.05, 0.1) is 11.5 Å². The van der Waals surface area contributed by atoms with Crippen LogP contribution in [-0.4, -0.2) is 10.9 Å². The molecule has 1 aliphatic rings. The van der Waals surface area contributed by atoms with E-state index in [9.17, 15) is 4.79 Å². The Kier molecular flexibility index (Phi) is 1.84. The first-order chi connectivity index (χ1) is 6.51. The Bertz CT molecular complexity index is 367. The Morgan fingerprint density at radius 3 is 2.57 bits per heavy atom. The summed E-state index contributed by atoms with van der Waals surface area (Å²) in [7, 11) is 0. The van der Waals surface area contributed by atoms with Gasteiger partial charge in [-0.2, -0.15) is 0 Å². The van der Waals surface area contributed by atoms with Crippen molar-refractivity contribution in [3.63, 3.8) is 0 Å². The molecule has 1 amide bonds. The second kappa shape index (κ2) is 2.80. The molecule has 1 saturated heterocycles. The van der Waals surface area contributed by atoms with Crippen molar-refractivity contribution in [3.05, 3.63) is 29.6 Å². The van der Waals surface area contributed by atoms with Gasteiger partial charge in [0.1, 0.15) is 0 Å². The molecule has 0 bridgehead atoms. The van der Waals surface area contributed by atoms with Crippen LogP contribution < -0.4 is 5.32 Å². The topological polar surface area (TPSA) is 42.0 Å². The van der Waals surface area contributed by atoms with Crippen LogP contribution in [0.25, 0.3) is 0 Å². The van der Waals surface area contributed by atoms with Crippen LogP contribution in [0, 0.1) is 12.3 Å². The highest BCUT2D eigenvalue weighted by molar-refractivity contribution is 5.89. The average Bonchev–Trinajstić information content (AvgIpc) is 2.16. The van der Waals surface area contributed by atoms with Crippen molar-refractivity contribution in [3.8, 4) is 0 Å². The summed E-state index contributed by atoms with van der Waals surface area (Å²) in [5, 5.41) is 2.89. The molecule has 3 nitrogen and oxygen atoms in total. The van der Waals surface area contributed by atoms with Gasteiger partial charge in [-0.1, -0.05) is 6.07 Å². The number of rotatable bonds is 1. The highest BCUT2D eigenvalue weighted by Gasteiger charge is 2.47. The molecule has 0 aromatic carbocycles. The number of hydrogen-bond donors (Lipinski definition) is 1. The van der Waals surface area contributed by atoms with E-state index in [-0.39, 0.29) is 17.4 Å². The van der Waals surface area contributed by atoms with Crippen LogP contribution in [-0.2, 0) is 4.79 Å². The van der Waals surface area contributed by atoms with E-state index in [2.05, 4.69) is 10.3 Å². The smallest absolute Gasteiger partial charge is 0.228 e. The summed E-state index contributed by atoms with van der Waals surface area (Å²) in [5.74, 6) is 0.114. The number of aromatic nitrogens is 1. The average molecular weight is 190 g/mol. The van der Waals surface area contributed by atoms with E-state index in [1.807, 2.05) is 39.1 Å². The van der Waals surface area contributed by atoms with E-state index in [0.29, 0.717) is 0 Å². The molecular weight excluding hydrogens is 176 g/mol. The van der Waals surface area contributed by atoms with Crippen LogP contribution in [0.3, 0.4) is 0 Å². The molecule has 0 spiro atoms. The van der Waals surface area contributed by atoms with Crippen molar-refractivity contribution in [2.75, 3.05) is 0 Å². The van der Waals surface area contributed by atoms with Gasteiger partial charge in [0, 0.05) is 11.9 Å². The van der Waals surface area contributed by atoms with E-state index >= 15 is 0 Å². The Morgan fingerprint density at radius 2 is 2.14 bits per heavy atom. The molecule has 1 aliphatic heterocycles. The molecule has 0 saturated carbocycles. The van der Waals surface area contributed by atoms with Crippen molar-refractivity contribution in [2.24, 2.45) is 5.41 Å². The van der Waals surface area contributed by atoms with Gasteiger partial charge in [-0.3, -0.25) is 9.78 Å². The Hall–Kier alpha value is -1.38. The number of pyridine rings is 1. The summed E-state index contributed by atoms with van der Waals surface area (Å²) in [4.78, 5) is 15.5. The molecule has 1 unspecified atom stereocenters. The number of carbonyl (C=O) groups excluding carboxylic acids is 1. The van der Waals surface area contributed by atoms with E-state index in [4.69, 9.17) is 0 Å². The zero-order chi connectivity index (χ0) is 10.3. The summed E-state index contributed by atoms with van der Waals surface area (Å²) in [5.41, 5.74) is 1.79. The van der Waals surface area contributed by atoms with Crippen molar-refractivity contribution >= 4 is 5.91 Å². The number of β-lactam (4-membered cyclic amide) rings is 1. The van der Waals surface area contributed by atoms with Gasteiger partial charge in [-0.05, 0) is 32.4 Å². The molecule has 0 aliphatic carbocycles. The zero-order valence-electron chi connectivity index (χ0n) is 8.66. The van der Waals surface area contributed by atoms with Gasteiger partial charge in [0.25, 0.3) is 0 Å². The van der Waals surface area contributed by atoms with E-state index in [1.54, 1.807) is 0 Å².